The van der Waals surface area contributed by atoms with E-state index in [1.165, 1.54) is 6.21 Å². The Bertz CT molecular complexity index is 694. The normalized spacial score (nSPS) is 10.8. The molecule has 0 aliphatic heterocycles. The van der Waals surface area contributed by atoms with Crippen molar-refractivity contribution in [2.45, 2.75) is 13.8 Å². The minimum atomic E-state index is -0.294. The Labute approximate surface area is 131 Å². The molecule has 0 spiro atoms. The lowest BCUT2D eigenvalue weighted by molar-refractivity contribution is 0.0955. The van der Waals surface area contributed by atoms with Gasteiger partial charge < -0.3 is 5.11 Å². The number of halogens is 1. The molecular formula is C16H15BrN2O2. The van der Waals surface area contributed by atoms with Gasteiger partial charge in [-0.25, -0.2) is 5.43 Å². The van der Waals surface area contributed by atoms with E-state index in [1.807, 2.05) is 26.0 Å². The maximum absolute atomic E-state index is 11.9. The van der Waals surface area contributed by atoms with Crippen molar-refractivity contribution in [2.75, 3.05) is 0 Å². The number of benzene rings is 2. The fourth-order valence-corrected chi connectivity index (χ4v) is 2.38. The summed E-state index contributed by atoms with van der Waals surface area (Å²) in [5.74, 6) is -0.202. The first-order valence-electron chi connectivity index (χ1n) is 6.36. The SMILES string of the molecule is Cc1ccc(C(=O)N/N=C/c2cc(C)cc(Br)c2O)cc1. The average Bonchev–Trinajstić information content (AvgIpc) is 2.44. The third-order valence-electron chi connectivity index (χ3n) is 2.92. The molecule has 0 radical (unpaired) electrons. The minimum Gasteiger partial charge on any atom is -0.506 e. The van der Waals surface area contributed by atoms with Crippen molar-refractivity contribution in [1.82, 2.24) is 5.43 Å². The van der Waals surface area contributed by atoms with Crippen LogP contribution in [0.3, 0.4) is 0 Å². The molecule has 0 aliphatic carbocycles. The van der Waals surface area contributed by atoms with E-state index in [9.17, 15) is 9.90 Å². The summed E-state index contributed by atoms with van der Waals surface area (Å²) in [7, 11) is 0. The molecule has 2 aromatic carbocycles. The number of hydrogen-bond acceptors (Lipinski definition) is 3. The van der Waals surface area contributed by atoms with E-state index in [-0.39, 0.29) is 11.7 Å². The average molecular weight is 347 g/mol. The fraction of sp³-hybridized carbons (Fsp3) is 0.125. The number of amides is 1. The lowest BCUT2D eigenvalue weighted by Crippen LogP contribution is -2.17. The number of rotatable bonds is 3. The zero-order chi connectivity index (χ0) is 15.4. The minimum absolute atomic E-state index is 0.0916. The maximum atomic E-state index is 11.9. The molecule has 0 fully saturated rings. The number of nitrogens with one attached hydrogen (secondary N) is 1. The number of carbonyl (C=O) groups excluding carboxylic acids is 1. The molecule has 0 heterocycles. The van der Waals surface area contributed by atoms with Crippen LogP contribution in [0.4, 0.5) is 0 Å². The highest BCUT2D eigenvalue weighted by molar-refractivity contribution is 9.10. The van der Waals surface area contributed by atoms with Crippen LogP contribution >= 0.6 is 15.9 Å². The molecule has 0 aliphatic rings. The first-order valence-corrected chi connectivity index (χ1v) is 7.16. The highest BCUT2D eigenvalue weighted by Gasteiger charge is 2.06. The Hall–Kier alpha value is -2.14. The molecule has 108 valence electrons. The summed E-state index contributed by atoms with van der Waals surface area (Å²) in [6, 6.07) is 10.8. The van der Waals surface area contributed by atoms with Gasteiger partial charge in [-0.15, -0.1) is 0 Å². The summed E-state index contributed by atoms with van der Waals surface area (Å²) in [4.78, 5) is 11.9. The van der Waals surface area contributed by atoms with Crippen LogP contribution in [0.1, 0.15) is 27.0 Å². The van der Waals surface area contributed by atoms with Crippen LogP contribution in [0, 0.1) is 13.8 Å². The molecule has 4 nitrogen and oxygen atoms in total. The zero-order valence-electron chi connectivity index (χ0n) is 11.7. The van der Waals surface area contributed by atoms with Crippen molar-refractivity contribution in [3.05, 3.63) is 63.1 Å². The van der Waals surface area contributed by atoms with E-state index in [1.54, 1.807) is 24.3 Å². The Morgan fingerprint density at radius 2 is 1.86 bits per heavy atom. The summed E-state index contributed by atoms with van der Waals surface area (Å²) in [5.41, 5.74) is 5.57. The van der Waals surface area contributed by atoms with Crippen LogP contribution in [-0.4, -0.2) is 17.2 Å². The third-order valence-corrected chi connectivity index (χ3v) is 3.53. The van der Waals surface area contributed by atoms with E-state index in [0.29, 0.717) is 15.6 Å². The highest BCUT2D eigenvalue weighted by Crippen LogP contribution is 2.28. The second-order valence-corrected chi connectivity index (χ2v) is 5.60. The molecule has 0 bridgehead atoms. The van der Waals surface area contributed by atoms with Gasteiger partial charge in [-0.3, -0.25) is 4.79 Å². The first kappa shape index (κ1) is 15.3. The van der Waals surface area contributed by atoms with Crippen molar-refractivity contribution in [1.29, 1.82) is 0 Å². The first-order chi connectivity index (χ1) is 9.97. The summed E-state index contributed by atoms with van der Waals surface area (Å²) in [5, 5.41) is 13.8. The lowest BCUT2D eigenvalue weighted by atomic mass is 10.1. The second-order valence-electron chi connectivity index (χ2n) is 4.75. The summed E-state index contributed by atoms with van der Waals surface area (Å²) in [6.45, 7) is 3.87. The zero-order valence-corrected chi connectivity index (χ0v) is 13.3. The molecule has 0 aromatic heterocycles. The van der Waals surface area contributed by atoms with Crippen molar-refractivity contribution >= 4 is 28.1 Å². The van der Waals surface area contributed by atoms with Gasteiger partial charge in [0.05, 0.1) is 10.7 Å². The number of phenolic OH excluding ortho intramolecular Hbond substituents is 1. The van der Waals surface area contributed by atoms with Gasteiger partial charge in [-0.1, -0.05) is 17.7 Å². The van der Waals surface area contributed by atoms with Crippen molar-refractivity contribution in [2.24, 2.45) is 5.10 Å². The molecule has 21 heavy (non-hydrogen) atoms. The number of hydrazone groups is 1. The van der Waals surface area contributed by atoms with Crippen LogP contribution in [-0.2, 0) is 0 Å². The molecule has 2 rings (SSSR count). The van der Waals surface area contributed by atoms with Crippen molar-refractivity contribution in [3.8, 4) is 5.75 Å². The summed E-state index contributed by atoms with van der Waals surface area (Å²) >= 11 is 3.26. The van der Waals surface area contributed by atoms with Gasteiger partial charge >= 0.3 is 0 Å². The van der Waals surface area contributed by atoms with Crippen LogP contribution in [0.2, 0.25) is 0 Å². The molecule has 2 aromatic rings. The van der Waals surface area contributed by atoms with Gasteiger partial charge in [0.15, 0.2) is 0 Å². The van der Waals surface area contributed by atoms with E-state index in [2.05, 4.69) is 26.5 Å². The smallest absolute Gasteiger partial charge is 0.271 e. The number of hydrogen-bond donors (Lipinski definition) is 2. The van der Waals surface area contributed by atoms with Crippen molar-refractivity contribution in [3.63, 3.8) is 0 Å². The van der Waals surface area contributed by atoms with E-state index >= 15 is 0 Å². The van der Waals surface area contributed by atoms with Gasteiger partial charge in [0.2, 0.25) is 0 Å². The Morgan fingerprint density at radius 1 is 1.19 bits per heavy atom. The Kier molecular flexibility index (Phi) is 4.75. The van der Waals surface area contributed by atoms with Gasteiger partial charge in [-0.2, -0.15) is 5.10 Å². The summed E-state index contributed by atoms with van der Waals surface area (Å²) < 4.78 is 0.591. The molecule has 0 atom stereocenters. The number of aromatic hydroxyl groups is 1. The van der Waals surface area contributed by atoms with E-state index in [0.717, 1.165) is 11.1 Å². The highest BCUT2D eigenvalue weighted by atomic mass is 79.9. The second kappa shape index (κ2) is 6.54. The molecule has 0 saturated carbocycles. The number of nitrogens with zero attached hydrogens (tertiary/aromatic N) is 1. The van der Waals surface area contributed by atoms with Gasteiger partial charge in [0.25, 0.3) is 5.91 Å². The monoisotopic (exact) mass is 346 g/mol. The topological polar surface area (TPSA) is 61.7 Å². The van der Waals surface area contributed by atoms with E-state index in [4.69, 9.17) is 0 Å². The van der Waals surface area contributed by atoms with E-state index < -0.39 is 0 Å². The maximum Gasteiger partial charge on any atom is 0.271 e. The van der Waals surface area contributed by atoms with Gasteiger partial charge in [0.1, 0.15) is 5.75 Å². The largest absolute Gasteiger partial charge is 0.506 e. The number of carbonyl (C=O) groups is 1. The fourth-order valence-electron chi connectivity index (χ4n) is 1.79. The van der Waals surface area contributed by atoms with Gasteiger partial charge in [-0.05, 0) is 59.6 Å². The number of aryl methyl sites for hydroxylation is 2. The molecule has 5 heteroatoms. The molecule has 0 saturated heterocycles. The van der Waals surface area contributed by atoms with Gasteiger partial charge in [0, 0.05) is 11.1 Å². The van der Waals surface area contributed by atoms with Crippen LogP contribution in [0.15, 0.2) is 46.0 Å². The Balaban J connectivity index is 2.09. The Morgan fingerprint density at radius 3 is 2.52 bits per heavy atom. The van der Waals surface area contributed by atoms with Crippen LogP contribution in [0.25, 0.3) is 0 Å². The standard InChI is InChI=1S/C16H15BrN2O2/c1-10-3-5-12(6-4-10)16(21)19-18-9-13-7-11(2)8-14(17)15(13)20/h3-9,20H,1-2H3,(H,19,21)/b18-9+. The molecule has 0 unspecified atom stereocenters. The predicted molar refractivity (Wildman–Crippen MR) is 86.8 cm³/mol. The third kappa shape index (κ3) is 3.92. The molecular weight excluding hydrogens is 332 g/mol. The number of phenols is 1. The molecule has 1 amide bonds. The van der Waals surface area contributed by atoms with Crippen LogP contribution < -0.4 is 5.43 Å². The molecule has 2 N–H and O–H groups in total. The summed E-state index contributed by atoms with van der Waals surface area (Å²) in [6.07, 6.45) is 1.42. The van der Waals surface area contributed by atoms with Crippen molar-refractivity contribution < 1.29 is 9.90 Å². The predicted octanol–water partition coefficient (Wildman–Crippen LogP) is 3.54. The lowest BCUT2D eigenvalue weighted by Gasteiger charge is -2.04. The quantitative estimate of drug-likeness (QED) is 0.659. The van der Waals surface area contributed by atoms with Crippen LogP contribution in [0.5, 0.6) is 5.75 Å².